The summed E-state index contributed by atoms with van der Waals surface area (Å²) in [6.45, 7) is 0. The van der Waals surface area contributed by atoms with E-state index >= 15 is 0 Å². The van der Waals surface area contributed by atoms with E-state index in [2.05, 4.69) is 9.47 Å². The third kappa shape index (κ3) is 4.15. The topological polar surface area (TPSA) is 44.8 Å². The van der Waals surface area contributed by atoms with Crippen LogP contribution in [0.25, 0.3) is 0 Å². The van der Waals surface area contributed by atoms with Gasteiger partial charge in [0.1, 0.15) is 22.8 Å². The highest BCUT2D eigenvalue weighted by atomic mass is 19.4. The summed E-state index contributed by atoms with van der Waals surface area (Å²) in [5.74, 6) is -0.446. The van der Waals surface area contributed by atoms with E-state index in [4.69, 9.17) is 4.74 Å². The molecule has 7 heteroatoms. The Morgan fingerprint density at radius 1 is 0.955 bits per heavy atom. The van der Waals surface area contributed by atoms with E-state index < -0.39 is 12.3 Å². The number of para-hydroxylation sites is 1. The average Bonchev–Trinajstić information content (AvgIpc) is 2.47. The molecule has 0 aliphatic carbocycles. The monoisotopic (exact) mass is 312 g/mol. The Kier molecular flexibility index (Phi) is 4.55. The lowest BCUT2D eigenvalue weighted by molar-refractivity contribution is -0.274. The van der Waals surface area contributed by atoms with Crippen molar-refractivity contribution in [3.63, 3.8) is 0 Å². The Labute approximate surface area is 124 Å². The maximum absolute atomic E-state index is 12.1. The van der Waals surface area contributed by atoms with Crippen LogP contribution in [0.2, 0.25) is 0 Å². The summed E-state index contributed by atoms with van der Waals surface area (Å²) in [7, 11) is 1.24. The number of ether oxygens (including phenoxy) is 3. The Balaban J connectivity index is 2.16. The molecule has 0 saturated heterocycles. The first kappa shape index (κ1) is 15.7. The number of benzene rings is 2. The second kappa shape index (κ2) is 6.38. The minimum atomic E-state index is -4.75. The van der Waals surface area contributed by atoms with Gasteiger partial charge < -0.3 is 14.2 Å². The molecule has 2 aromatic carbocycles. The molecular weight excluding hydrogens is 301 g/mol. The van der Waals surface area contributed by atoms with E-state index in [-0.39, 0.29) is 22.8 Å². The highest BCUT2D eigenvalue weighted by molar-refractivity contribution is 5.92. The number of hydrogen-bond donors (Lipinski definition) is 0. The Morgan fingerprint density at radius 2 is 1.55 bits per heavy atom. The molecule has 0 radical (unpaired) electrons. The van der Waals surface area contributed by atoms with Crippen molar-refractivity contribution in [2.24, 2.45) is 0 Å². The second-order valence-electron chi connectivity index (χ2n) is 4.11. The molecule has 0 spiro atoms. The quantitative estimate of drug-likeness (QED) is 0.795. The molecular formula is C15H11F3O4. The van der Waals surface area contributed by atoms with Crippen LogP contribution in [0.1, 0.15) is 10.4 Å². The lowest BCUT2D eigenvalue weighted by atomic mass is 10.2. The van der Waals surface area contributed by atoms with Gasteiger partial charge in [-0.1, -0.05) is 12.1 Å². The zero-order valence-electron chi connectivity index (χ0n) is 11.4. The zero-order valence-corrected chi connectivity index (χ0v) is 11.4. The molecule has 0 unspecified atom stereocenters. The summed E-state index contributed by atoms with van der Waals surface area (Å²) in [4.78, 5) is 11.6. The number of carbonyl (C=O) groups is 1. The normalized spacial score (nSPS) is 10.9. The van der Waals surface area contributed by atoms with Crippen molar-refractivity contribution >= 4 is 5.97 Å². The standard InChI is InChI=1S/C15H11F3O4/c1-20-14(19)12-4-2-3-5-13(12)21-10-6-8-11(9-7-10)22-15(16,17)18/h2-9H,1H3. The molecule has 0 aromatic heterocycles. The summed E-state index contributed by atoms with van der Waals surface area (Å²) in [6, 6.07) is 11.2. The minimum Gasteiger partial charge on any atom is -0.465 e. The number of alkyl halides is 3. The first-order valence-electron chi connectivity index (χ1n) is 6.10. The first-order valence-corrected chi connectivity index (χ1v) is 6.10. The van der Waals surface area contributed by atoms with Crippen LogP contribution in [0.5, 0.6) is 17.2 Å². The third-order valence-electron chi connectivity index (χ3n) is 2.58. The van der Waals surface area contributed by atoms with Gasteiger partial charge in [0.25, 0.3) is 0 Å². The fourth-order valence-electron chi connectivity index (χ4n) is 1.67. The van der Waals surface area contributed by atoms with E-state index in [0.717, 1.165) is 12.1 Å². The SMILES string of the molecule is COC(=O)c1ccccc1Oc1ccc(OC(F)(F)F)cc1. The van der Waals surface area contributed by atoms with Gasteiger partial charge in [0.05, 0.1) is 7.11 Å². The van der Waals surface area contributed by atoms with Crippen molar-refractivity contribution in [3.05, 3.63) is 54.1 Å². The van der Waals surface area contributed by atoms with Gasteiger partial charge in [0.2, 0.25) is 0 Å². The molecule has 4 nitrogen and oxygen atoms in total. The molecule has 0 amide bonds. The van der Waals surface area contributed by atoms with Crippen LogP contribution in [0.3, 0.4) is 0 Å². The Bertz CT molecular complexity index is 651. The summed E-state index contributed by atoms with van der Waals surface area (Å²) in [5, 5.41) is 0. The number of carbonyl (C=O) groups excluding carboxylic acids is 1. The van der Waals surface area contributed by atoms with E-state index in [1.807, 2.05) is 0 Å². The van der Waals surface area contributed by atoms with Gasteiger partial charge in [-0.25, -0.2) is 4.79 Å². The highest BCUT2D eigenvalue weighted by Crippen LogP contribution is 2.29. The van der Waals surface area contributed by atoms with E-state index in [1.54, 1.807) is 18.2 Å². The molecule has 0 aliphatic rings. The van der Waals surface area contributed by atoms with Crippen molar-refractivity contribution in [1.29, 1.82) is 0 Å². The molecule has 0 atom stereocenters. The second-order valence-corrected chi connectivity index (χ2v) is 4.11. The van der Waals surface area contributed by atoms with Crippen molar-refractivity contribution in [3.8, 4) is 17.2 Å². The van der Waals surface area contributed by atoms with Crippen molar-refractivity contribution in [1.82, 2.24) is 0 Å². The molecule has 2 rings (SSSR count). The lowest BCUT2D eigenvalue weighted by Crippen LogP contribution is -2.16. The van der Waals surface area contributed by atoms with Gasteiger partial charge >= 0.3 is 12.3 Å². The van der Waals surface area contributed by atoms with Gasteiger partial charge in [-0.3, -0.25) is 0 Å². The first-order chi connectivity index (χ1) is 10.4. The van der Waals surface area contributed by atoms with Crippen LogP contribution in [-0.2, 0) is 4.74 Å². The summed E-state index contributed by atoms with van der Waals surface area (Å²) in [6.07, 6.45) is -4.75. The van der Waals surface area contributed by atoms with Crippen molar-refractivity contribution in [2.75, 3.05) is 7.11 Å². The molecule has 0 N–H and O–H groups in total. The molecule has 2 aromatic rings. The van der Waals surface area contributed by atoms with Crippen LogP contribution >= 0.6 is 0 Å². The maximum Gasteiger partial charge on any atom is 0.573 e. The molecule has 0 aliphatic heterocycles. The van der Waals surface area contributed by atoms with Crippen LogP contribution in [-0.4, -0.2) is 19.4 Å². The number of rotatable bonds is 4. The largest absolute Gasteiger partial charge is 0.573 e. The zero-order chi connectivity index (χ0) is 16.2. The van der Waals surface area contributed by atoms with Crippen LogP contribution in [0.4, 0.5) is 13.2 Å². The van der Waals surface area contributed by atoms with Crippen LogP contribution in [0, 0.1) is 0 Å². The Hall–Kier alpha value is -2.70. The summed E-state index contributed by atoms with van der Waals surface area (Å²) in [5.41, 5.74) is 0.209. The molecule has 116 valence electrons. The lowest BCUT2D eigenvalue weighted by Gasteiger charge is -2.11. The highest BCUT2D eigenvalue weighted by Gasteiger charge is 2.31. The Morgan fingerprint density at radius 3 is 2.14 bits per heavy atom. The average molecular weight is 312 g/mol. The number of esters is 1. The smallest absolute Gasteiger partial charge is 0.465 e. The van der Waals surface area contributed by atoms with Crippen LogP contribution in [0.15, 0.2) is 48.5 Å². The van der Waals surface area contributed by atoms with E-state index in [1.165, 1.54) is 25.3 Å². The molecule has 0 fully saturated rings. The fourth-order valence-corrected chi connectivity index (χ4v) is 1.67. The number of hydrogen-bond acceptors (Lipinski definition) is 4. The van der Waals surface area contributed by atoms with E-state index in [0.29, 0.717) is 0 Å². The van der Waals surface area contributed by atoms with Gasteiger partial charge in [-0.05, 0) is 36.4 Å². The van der Waals surface area contributed by atoms with Gasteiger partial charge in [-0.15, -0.1) is 13.2 Å². The minimum absolute atomic E-state index is 0.209. The molecule has 0 heterocycles. The fraction of sp³-hybridized carbons (Fsp3) is 0.133. The number of methoxy groups -OCH3 is 1. The predicted octanol–water partition coefficient (Wildman–Crippen LogP) is 4.16. The maximum atomic E-state index is 12.1. The van der Waals surface area contributed by atoms with Crippen LogP contribution < -0.4 is 9.47 Å². The summed E-state index contributed by atoms with van der Waals surface area (Å²) >= 11 is 0. The number of halogens is 3. The van der Waals surface area contributed by atoms with Crippen molar-refractivity contribution in [2.45, 2.75) is 6.36 Å². The predicted molar refractivity (Wildman–Crippen MR) is 71.0 cm³/mol. The molecule has 0 saturated carbocycles. The van der Waals surface area contributed by atoms with Gasteiger partial charge in [-0.2, -0.15) is 0 Å². The van der Waals surface area contributed by atoms with Gasteiger partial charge in [0, 0.05) is 0 Å². The van der Waals surface area contributed by atoms with Gasteiger partial charge in [0.15, 0.2) is 0 Å². The van der Waals surface area contributed by atoms with Crippen molar-refractivity contribution < 1.29 is 32.2 Å². The third-order valence-corrected chi connectivity index (χ3v) is 2.58. The molecule has 0 bridgehead atoms. The summed E-state index contributed by atoms with van der Waals surface area (Å²) < 4.78 is 50.1. The van der Waals surface area contributed by atoms with E-state index in [9.17, 15) is 18.0 Å². The molecule has 22 heavy (non-hydrogen) atoms.